The summed E-state index contributed by atoms with van der Waals surface area (Å²) in [6, 6.07) is 7.72. The highest BCUT2D eigenvalue weighted by Gasteiger charge is 2.14. The Morgan fingerprint density at radius 3 is 2.83 bits per heavy atom. The molecule has 5 heteroatoms. The molecule has 122 valence electrons. The first kappa shape index (κ1) is 16.4. The number of hydrogen-bond donors (Lipinski definition) is 1. The summed E-state index contributed by atoms with van der Waals surface area (Å²) in [4.78, 5) is 19.5. The van der Waals surface area contributed by atoms with E-state index in [1.807, 2.05) is 31.2 Å². The fourth-order valence-corrected chi connectivity index (χ4v) is 3.49. The first-order chi connectivity index (χ1) is 11.1. The van der Waals surface area contributed by atoms with Gasteiger partial charge in [-0.05, 0) is 57.1 Å². The van der Waals surface area contributed by atoms with Crippen LogP contribution in [0.25, 0.3) is 10.9 Å². The van der Waals surface area contributed by atoms with Gasteiger partial charge in [-0.1, -0.05) is 22.4 Å². The van der Waals surface area contributed by atoms with Gasteiger partial charge in [-0.15, -0.1) is 0 Å². The minimum atomic E-state index is -0.0180. The summed E-state index contributed by atoms with van der Waals surface area (Å²) in [5, 5.41) is 3.95. The molecular formula is C18H22BrN3O. The Labute approximate surface area is 145 Å². The van der Waals surface area contributed by atoms with Crippen LogP contribution >= 0.6 is 15.9 Å². The number of fused-ring (bicyclic) bond motifs is 1. The number of halogens is 1. The van der Waals surface area contributed by atoms with Gasteiger partial charge in [-0.2, -0.15) is 0 Å². The number of piperidine rings is 1. The van der Waals surface area contributed by atoms with Crippen LogP contribution in [0.1, 0.15) is 35.3 Å². The molecule has 1 fully saturated rings. The Balaban J connectivity index is 1.71. The van der Waals surface area contributed by atoms with Gasteiger partial charge in [-0.25, -0.2) is 0 Å². The van der Waals surface area contributed by atoms with Crippen LogP contribution in [0.4, 0.5) is 0 Å². The number of carbonyl (C=O) groups excluding carboxylic acids is 1. The van der Waals surface area contributed by atoms with Crippen LogP contribution in [-0.2, 0) is 0 Å². The van der Waals surface area contributed by atoms with Gasteiger partial charge in [0.15, 0.2) is 0 Å². The number of aryl methyl sites for hydroxylation is 1. The largest absolute Gasteiger partial charge is 0.351 e. The summed E-state index contributed by atoms with van der Waals surface area (Å²) in [7, 11) is 0. The average molecular weight is 376 g/mol. The van der Waals surface area contributed by atoms with Crippen LogP contribution in [-0.4, -0.2) is 42.0 Å². The number of aromatic nitrogens is 1. The third-order valence-electron chi connectivity index (χ3n) is 4.31. The van der Waals surface area contributed by atoms with Gasteiger partial charge in [0.1, 0.15) is 0 Å². The lowest BCUT2D eigenvalue weighted by molar-refractivity contribution is 0.0948. The first-order valence-electron chi connectivity index (χ1n) is 8.21. The van der Waals surface area contributed by atoms with E-state index in [1.54, 1.807) is 0 Å². The fourth-order valence-electron chi connectivity index (χ4n) is 3.12. The molecule has 3 rings (SSSR count). The van der Waals surface area contributed by atoms with E-state index in [9.17, 15) is 4.79 Å². The van der Waals surface area contributed by atoms with Crippen LogP contribution in [0, 0.1) is 6.92 Å². The van der Waals surface area contributed by atoms with Gasteiger partial charge in [0.2, 0.25) is 0 Å². The van der Waals surface area contributed by atoms with Crippen molar-refractivity contribution in [3.63, 3.8) is 0 Å². The molecule has 1 aromatic heterocycles. The molecule has 0 atom stereocenters. The third kappa shape index (κ3) is 4.09. The lowest BCUT2D eigenvalue weighted by atomic mass is 10.1. The second-order valence-corrected chi connectivity index (χ2v) is 7.05. The van der Waals surface area contributed by atoms with E-state index in [-0.39, 0.29) is 5.91 Å². The monoisotopic (exact) mass is 375 g/mol. The topological polar surface area (TPSA) is 45.2 Å². The molecule has 0 radical (unpaired) electrons. The van der Waals surface area contributed by atoms with Gasteiger partial charge in [-0.3, -0.25) is 9.78 Å². The number of carbonyl (C=O) groups is 1. The molecule has 4 nitrogen and oxygen atoms in total. The van der Waals surface area contributed by atoms with Crippen molar-refractivity contribution in [3.05, 3.63) is 40.0 Å². The first-order valence-corrected chi connectivity index (χ1v) is 9.00. The number of benzene rings is 1. The maximum atomic E-state index is 12.6. The predicted octanol–water partition coefficient (Wildman–Crippen LogP) is 3.52. The number of likely N-dealkylation sites (tertiary alicyclic amines) is 1. The van der Waals surface area contributed by atoms with E-state index in [0.29, 0.717) is 12.1 Å². The molecule has 2 heterocycles. The molecule has 0 spiro atoms. The summed E-state index contributed by atoms with van der Waals surface area (Å²) < 4.78 is 0.956. The molecule has 2 aromatic rings. The average Bonchev–Trinajstić information content (AvgIpc) is 2.55. The van der Waals surface area contributed by atoms with Gasteiger partial charge < -0.3 is 10.2 Å². The van der Waals surface area contributed by atoms with E-state index in [0.717, 1.165) is 40.7 Å². The van der Waals surface area contributed by atoms with E-state index < -0.39 is 0 Å². The van der Waals surface area contributed by atoms with Crippen molar-refractivity contribution in [2.75, 3.05) is 26.2 Å². The van der Waals surface area contributed by atoms with Crippen molar-refractivity contribution in [1.29, 1.82) is 0 Å². The molecule has 1 aliphatic heterocycles. The normalized spacial score (nSPS) is 15.7. The third-order valence-corrected chi connectivity index (χ3v) is 4.80. The number of amides is 1. The number of nitrogens with one attached hydrogen (secondary N) is 1. The number of nitrogens with zero attached hydrogens (tertiary/aromatic N) is 2. The Morgan fingerprint density at radius 2 is 2.04 bits per heavy atom. The summed E-state index contributed by atoms with van der Waals surface area (Å²) >= 11 is 3.47. The molecule has 1 aliphatic rings. The zero-order chi connectivity index (χ0) is 16.2. The van der Waals surface area contributed by atoms with Gasteiger partial charge >= 0.3 is 0 Å². The molecule has 23 heavy (non-hydrogen) atoms. The highest BCUT2D eigenvalue weighted by atomic mass is 79.9. The smallest absolute Gasteiger partial charge is 0.252 e. The number of hydrogen-bond acceptors (Lipinski definition) is 3. The molecule has 1 aromatic carbocycles. The molecule has 0 aliphatic carbocycles. The van der Waals surface area contributed by atoms with Crippen LogP contribution < -0.4 is 5.32 Å². The van der Waals surface area contributed by atoms with Crippen molar-refractivity contribution >= 4 is 32.7 Å². The maximum absolute atomic E-state index is 12.6. The van der Waals surface area contributed by atoms with Crippen molar-refractivity contribution in [1.82, 2.24) is 15.2 Å². The zero-order valence-electron chi connectivity index (χ0n) is 13.4. The van der Waals surface area contributed by atoms with E-state index in [2.05, 4.69) is 31.1 Å². The minimum absolute atomic E-state index is 0.0180. The second-order valence-electron chi connectivity index (χ2n) is 6.13. The lowest BCUT2D eigenvalue weighted by Crippen LogP contribution is -2.37. The number of rotatable bonds is 4. The van der Waals surface area contributed by atoms with Crippen molar-refractivity contribution < 1.29 is 4.79 Å². The van der Waals surface area contributed by atoms with Crippen molar-refractivity contribution in [2.45, 2.75) is 26.2 Å². The van der Waals surface area contributed by atoms with Crippen LogP contribution in [0.5, 0.6) is 0 Å². The van der Waals surface area contributed by atoms with Gasteiger partial charge in [0.25, 0.3) is 5.91 Å². The maximum Gasteiger partial charge on any atom is 0.252 e. The minimum Gasteiger partial charge on any atom is -0.351 e. The van der Waals surface area contributed by atoms with Gasteiger partial charge in [0.05, 0.1) is 11.1 Å². The molecule has 0 saturated carbocycles. The van der Waals surface area contributed by atoms with E-state index >= 15 is 0 Å². The quantitative estimate of drug-likeness (QED) is 0.888. The van der Waals surface area contributed by atoms with Crippen molar-refractivity contribution in [3.8, 4) is 0 Å². The van der Waals surface area contributed by atoms with Gasteiger partial charge in [0, 0.05) is 28.6 Å². The fraction of sp³-hybridized carbons (Fsp3) is 0.444. The highest BCUT2D eigenvalue weighted by molar-refractivity contribution is 9.10. The molecule has 1 saturated heterocycles. The summed E-state index contributed by atoms with van der Waals surface area (Å²) in [5.74, 6) is -0.0180. The molecule has 1 N–H and O–H groups in total. The second kappa shape index (κ2) is 7.41. The summed E-state index contributed by atoms with van der Waals surface area (Å²) in [6.45, 7) is 5.85. The van der Waals surface area contributed by atoms with E-state index in [4.69, 9.17) is 0 Å². The number of pyridine rings is 1. The molecule has 0 bridgehead atoms. The zero-order valence-corrected chi connectivity index (χ0v) is 15.0. The van der Waals surface area contributed by atoms with Crippen LogP contribution in [0.15, 0.2) is 28.7 Å². The molecule has 1 amide bonds. The Hall–Kier alpha value is -1.46. The predicted molar refractivity (Wildman–Crippen MR) is 96.8 cm³/mol. The van der Waals surface area contributed by atoms with Crippen LogP contribution in [0.3, 0.4) is 0 Å². The van der Waals surface area contributed by atoms with E-state index in [1.165, 1.54) is 19.3 Å². The Bertz CT molecular complexity index is 711. The summed E-state index contributed by atoms with van der Waals surface area (Å²) in [5.41, 5.74) is 2.42. The SMILES string of the molecule is Cc1cc(C(=O)NCCN2CCCCC2)c2cc(Br)ccc2n1. The standard InChI is InChI=1S/C18H22BrN3O/c1-13-11-16(15-12-14(19)5-6-17(15)21-13)18(23)20-7-10-22-8-3-2-4-9-22/h5-6,11-12H,2-4,7-10H2,1H3,(H,20,23). The lowest BCUT2D eigenvalue weighted by Gasteiger charge is -2.26. The van der Waals surface area contributed by atoms with Crippen LogP contribution in [0.2, 0.25) is 0 Å². The Kier molecular flexibility index (Phi) is 5.28. The molecule has 0 unspecified atom stereocenters. The highest BCUT2D eigenvalue weighted by Crippen LogP contribution is 2.22. The summed E-state index contributed by atoms with van der Waals surface area (Å²) in [6.07, 6.45) is 3.88. The van der Waals surface area contributed by atoms with Crippen molar-refractivity contribution in [2.24, 2.45) is 0 Å². The Morgan fingerprint density at radius 1 is 1.26 bits per heavy atom. The molecular weight excluding hydrogens is 354 g/mol.